The fraction of sp³-hybridized carbons (Fsp3) is 0.222. The van der Waals surface area contributed by atoms with Crippen LogP contribution in [0.25, 0.3) is 11.5 Å². The lowest BCUT2D eigenvalue weighted by atomic mass is 10.1. The normalized spacial score (nSPS) is 11.6. The summed E-state index contributed by atoms with van der Waals surface area (Å²) in [6.45, 7) is 3.85. The first-order chi connectivity index (χ1) is 11.5. The summed E-state index contributed by atoms with van der Waals surface area (Å²) in [6, 6.07) is 14.5. The van der Waals surface area contributed by atoms with E-state index in [0.29, 0.717) is 16.7 Å². The maximum Gasteiger partial charge on any atom is 0.247 e. The van der Waals surface area contributed by atoms with E-state index in [4.69, 9.17) is 4.42 Å². The van der Waals surface area contributed by atoms with Crippen molar-refractivity contribution in [1.29, 1.82) is 0 Å². The van der Waals surface area contributed by atoms with Crippen LogP contribution in [0.4, 0.5) is 0 Å². The Morgan fingerprint density at radius 1 is 0.958 bits per heavy atom. The van der Waals surface area contributed by atoms with Gasteiger partial charge in [0.25, 0.3) is 0 Å². The zero-order chi connectivity index (χ0) is 17.2. The lowest BCUT2D eigenvalue weighted by Crippen LogP contribution is -2.10. The largest absolute Gasteiger partial charge is 0.421 e. The van der Waals surface area contributed by atoms with Crippen molar-refractivity contribution in [3.63, 3.8) is 0 Å². The highest BCUT2D eigenvalue weighted by atomic mass is 32.2. The molecule has 0 amide bonds. The van der Waals surface area contributed by atoms with Gasteiger partial charge < -0.3 is 4.42 Å². The number of hydrogen-bond donors (Lipinski definition) is 0. The quantitative estimate of drug-likeness (QED) is 0.711. The predicted octanol–water partition coefficient (Wildman–Crippen LogP) is 3.37. The summed E-state index contributed by atoms with van der Waals surface area (Å²) in [4.78, 5) is 0.327. The molecule has 6 heteroatoms. The van der Waals surface area contributed by atoms with Gasteiger partial charge in [0, 0.05) is 12.0 Å². The molecule has 0 radical (unpaired) electrons. The second-order valence-electron chi connectivity index (χ2n) is 5.68. The standard InChI is InChI=1S/C18H18N2O3S/c1-13-8-9-16(12-14(13)2)24(21,22)11-10-17-19-20-18(23-17)15-6-4-3-5-7-15/h3-9,12H,10-11H2,1-2H3. The molecule has 0 aliphatic carbocycles. The molecule has 0 atom stereocenters. The van der Waals surface area contributed by atoms with Gasteiger partial charge in [0.05, 0.1) is 10.6 Å². The Hall–Kier alpha value is -2.47. The molecule has 5 nitrogen and oxygen atoms in total. The van der Waals surface area contributed by atoms with Crippen LogP contribution >= 0.6 is 0 Å². The zero-order valence-electron chi connectivity index (χ0n) is 13.6. The minimum atomic E-state index is -3.38. The van der Waals surface area contributed by atoms with Crippen molar-refractivity contribution in [2.45, 2.75) is 25.2 Å². The summed E-state index contributed by atoms with van der Waals surface area (Å²) in [5.41, 5.74) is 2.84. The van der Waals surface area contributed by atoms with E-state index in [-0.39, 0.29) is 12.2 Å². The summed E-state index contributed by atoms with van der Waals surface area (Å²) in [5, 5.41) is 7.91. The number of rotatable bonds is 5. The van der Waals surface area contributed by atoms with Crippen LogP contribution in [0.15, 0.2) is 57.8 Å². The monoisotopic (exact) mass is 342 g/mol. The van der Waals surface area contributed by atoms with Crippen molar-refractivity contribution in [3.05, 3.63) is 65.5 Å². The van der Waals surface area contributed by atoms with Crippen LogP contribution < -0.4 is 0 Å². The maximum atomic E-state index is 12.5. The molecule has 0 aliphatic heterocycles. The van der Waals surface area contributed by atoms with E-state index in [1.165, 1.54) is 0 Å². The highest BCUT2D eigenvalue weighted by Gasteiger charge is 2.17. The van der Waals surface area contributed by atoms with E-state index in [9.17, 15) is 8.42 Å². The van der Waals surface area contributed by atoms with Gasteiger partial charge in [-0.3, -0.25) is 0 Å². The average molecular weight is 342 g/mol. The summed E-state index contributed by atoms with van der Waals surface area (Å²) in [6.07, 6.45) is 0.190. The van der Waals surface area contributed by atoms with Crippen LogP contribution in [0.1, 0.15) is 17.0 Å². The van der Waals surface area contributed by atoms with Crippen LogP contribution in [-0.4, -0.2) is 24.4 Å². The predicted molar refractivity (Wildman–Crippen MR) is 91.4 cm³/mol. The van der Waals surface area contributed by atoms with E-state index >= 15 is 0 Å². The molecule has 0 fully saturated rings. The SMILES string of the molecule is Cc1ccc(S(=O)(=O)CCc2nnc(-c3ccccc3)o2)cc1C. The molecule has 1 aromatic heterocycles. The Morgan fingerprint density at radius 3 is 2.42 bits per heavy atom. The second kappa shape index (κ2) is 6.57. The molecule has 0 saturated heterocycles. The van der Waals surface area contributed by atoms with Gasteiger partial charge in [0.2, 0.25) is 11.8 Å². The first-order valence-corrected chi connectivity index (χ1v) is 9.29. The van der Waals surface area contributed by atoms with Crippen molar-refractivity contribution in [3.8, 4) is 11.5 Å². The Labute approximate surface area is 141 Å². The molecule has 1 heterocycles. The van der Waals surface area contributed by atoms with Gasteiger partial charge in [0.15, 0.2) is 9.84 Å². The van der Waals surface area contributed by atoms with E-state index in [0.717, 1.165) is 16.7 Å². The Morgan fingerprint density at radius 2 is 1.71 bits per heavy atom. The first kappa shape index (κ1) is 16.4. The van der Waals surface area contributed by atoms with Gasteiger partial charge in [-0.25, -0.2) is 8.42 Å². The fourth-order valence-corrected chi connectivity index (χ4v) is 3.61. The van der Waals surface area contributed by atoms with Crippen LogP contribution in [0.2, 0.25) is 0 Å². The third-order valence-corrected chi connectivity index (χ3v) is 5.62. The first-order valence-electron chi connectivity index (χ1n) is 7.63. The molecule has 0 bridgehead atoms. The van der Waals surface area contributed by atoms with Crippen molar-refractivity contribution < 1.29 is 12.8 Å². The molecule has 124 valence electrons. The Balaban J connectivity index is 1.73. The Kier molecular flexibility index (Phi) is 4.49. The van der Waals surface area contributed by atoms with Crippen LogP contribution in [0, 0.1) is 13.8 Å². The summed E-state index contributed by atoms with van der Waals surface area (Å²) in [7, 11) is -3.38. The molecular weight excluding hydrogens is 324 g/mol. The van der Waals surface area contributed by atoms with Crippen molar-refractivity contribution in [2.24, 2.45) is 0 Å². The molecule has 0 N–H and O–H groups in total. The molecule has 0 saturated carbocycles. The van der Waals surface area contributed by atoms with Crippen LogP contribution in [0.3, 0.4) is 0 Å². The minimum Gasteiger partial charge on any atom is -0.421 e. The van der Waals surface area contributed by atoms with Gasteiger partial charge in [-0.1, -0.05) is 24.3 Å². The number of aryl methyl sites for hydroxylation is 3. The maximum absolute atomic E-state index is 12.5. The fourth-order valence-electron chi connectivity index (χ4n) is 2.30. The summed E-state index contributed by atoms with van der Waals surface area (Å²) in [5.74, 6) is 0.654. The lowest BCUT2D eigenvalue weighted by molar-refractivity contribution is 0.510. The molecule has 3 aromatic rings. The molecule has 0 spiro atoms. The number of hydrogen-bond acceptors (Lipinski definition) is 5. The van der Waals surface area contributed by atoms with Crippen LogP contribution in [0.5, 0.6) is 0 Å². The topological polar surface area (TPSA) is 73.1 Å². The van der Waals surface area contributed by atoms with Gasteiger partial charge in [-0.15, -0.1) is 10.2 Å². The molecule has 0 unspecified atom stereocenters. The van der Waals surface area contributed by atoms with E-state index < -0.39 is 9.84 Å². The number of aromatic nitrogens is 2. The highest BCUT2D eigenvalue weighted by Crippen LogP contribution is 2.19. The Bertz CT molecular complexity index is 947. The molecular formula is C18H18N2O3S. The van der Waals surface area contributed by atoms with E-state index in [1.807, 2.05) is 50.2 Å². The van der Waals surface area contributed by atoms with Gasteiger partial charge >= 0.3 is 0 Å². The second-order valence-corrected chi connectivity index (χ2v) is 7.79. The van der Waals surface area contributed by atoms with Crippen LogP contribution in [-0.2, 0) is 16.3 Å². The van der Waals surface area contributed by atoms with Gasteiger partial charge in [-0.2, -0.15) is 0 Å². The third-order valence-electron chi connectivity index (χ3n) is 3.91. The average Bonchev–Trinajstić information content (AvgIpc) is 3.05. The van der Waals surface area contributed by atoms with Gasteiger partial charge in [0.1, 0.15) is 0 Å². The zero-order valence-corrected chi connectivity index (χ0v) is 14.4. The highest BCUT2D eigenvalue weighted by molar-refractivity contribution is 7.91. The van der Waals surface area contributed by atoms with Crippen molar-refractivity contribution >= 4 is 9.84 Å². The molecule has 3 rings (SSSR count). The summed E-state index contributed by atoms with van der Waals surface area (Å²) >= 11 is 0. The number of nitrogens with zero attached hydrogens (tertiary/aromatic N) is 2. The lowest BCUT2D eigenvalue weighted by Gasteiger charge is -2.06. The molecule has 2 aromatic carbocycles. The third kappa shape index (κ3) is 3.54. The van der Waals surface area contributed by atoms with Crippen molar-refractivity contribution in [2.75, 3.05) is 5.75 Å². The minimum absolute atomic E-state index is 0.0636. The van der Waals surface area contributed by atoms with Gasteiger partial charge in [-0.05, 0) is 49.2 Å². The van der Waals surface area contributed by atoms with E-state index in [1.54, 1.807) is 12.1 Å². The molecule has 24 heavy (non-hydrogen) atoms. The summed E-state index contributed by atoms with van der Waals surface area (Å²) < 4.78 is 30.5. The number of sulfone groups is 1. The smallest absolute Gasteiger partial charge is 0.247 e. The van der Waals surface area contributed by atoms with E-state index in [2.05, 4.69) is 10.2 Å². The van der Waals surface area contributed by atoms with Crippen molar-refractivity contribution in [1.82, 2.24) is 10.2 Å². The number of benzene rings is 2. The molecule has 0 aliphatic rings.